The van der Waals surface area contributed by atoms with Gasteiger partial charge in [0.2, 0.25) is 0 Å². The van der Waals surface area contributed by atoms with Crippen molar-refractivity contribution < 1.29 is 23.3 Å². The van der Waals surface area contributed by atoms with Crippen molar-refractivity contribution in [2.24, 2.45) is 0 Å². The van der Waals surface area contributed by atoms with Crippen LogP contribution in [0.25, 0.3) is 0 Å². The number of alkyl halides is 1. The Balaban J connectivity index is 1.85. The van der Waals surface area contributed by atoms with E-state index >= 15 is 0 Å². The molecule has 0 aromatic rings. The van der Waals surface area contributed by atoms with Gasteiger partial charge in [-0.2, -0.15) is 0 Å². The molecule has 0 aromatic carbocycles. The van der Waals surface area contributed by atoms with Crippen molar-refractivity contribution in [1.29, 1.82) is 0 Å². The number of hydrogen-bond acceptors (Lipinski definition) is 4. The summed E-state index contributed by atoms with van der Waals surface area (Å²) in [5.41, 5.74) is 0. The van der Waals surface area contributed by atoms with Crippen molar-refractivity contribution in [3.63, 3.8) is 0 Å². The molecule has 1 rings (SSSR count). The van der Waals surface area contributed by atoms with Crippen LogP contribution in [-0.2, 0) is 18.9 Å². The minimum Gasteiger partial charge on any atom is -0.377 e. The van der Waals surface area contributed by atoms with Gasteiger partial charge in [0.25, 0.3) is 0 Å². The van der Waals surface area contributed by atoms with Crippen molar-refractivity contribution in [1.82, 2.24) is 0 Å². The average Bonchev–Trinajstić information content (AvgIpc) is 2.39. The molecule has 0 radical (unpaired) electrons. The minimum absolute atomic E-state index is 0.146. The van der Waals surface area contributed by atoms with E-state index in [2.05, 4.69) is 12.2 Å². The van der Waals surface area contributed by atoms with Gasteiger partial charge in [0.05, 0.1) is 52.4 Å². The lowest BCUT2D eigenvalue weighted by Crippen LogP contribution is -2.22. The molecule has 1 heterocycles. The molecule has 1 aliphatic rings. The third-order valence-corrected chi connectivity index (χ3v) is 2.73. The molecule has 0 N–H and O–H groups in total. The van der Waals surface area contributed by atoms with Gasteiger partial charge in [0.15, 0.2) is 0 Å². The van der Waals surface area contributed by atoms with E-state index in [1.54, 1.807) is 0 Å². The van der Waals surface area contributed by atoms with Crippen LogP contribution in [0.2, 0.25) is 0 Å². The lowest BCUT2D eigenvalue weighted by molar-refractivity contribution is -0.0384. The molecule has 4 nitrogen and oxygen atoms in total. The maximum absolute atomic E-state index is 11.7. The fourth-order valence-corrected chi connectivity index (χ4v) is 1.74. The highest BCUT2D eigenvalue weighted by molar-refractivity contribution is 4.84. The smallest absolute Gasteiger partial charge is 0.113 e. The number of halogens is 1. The van der Waals surface area contributed by atoms with E-state index in [0.717, 1.165) is 25.9 Å². The highest BCUT2D eigenvalue weighted by Gasteiger charge is 2.09. The van der Waals surface area contributed by atoms with Gasteiger partial charge in [-0.1, -0.05) is 12.2 Å². The Morgan fingerprint density at radius 2 is 1.63 bits per heavy atom. The summed E-state index contributed by atoms with van der Waals surface area (Å²) in [6.45, 7) is 3.09. The predicted molar refractivity (Wildman–Crippen MR) is 71.2 cm³/mol. The SMILES string of the molecule is [18F]CCOCCOCCOC[C@@H]1CC/C=C/CCO1. The van der Waals surface area contributed by atoms with Gasteiger partial charge in [-0.3, -0.25) is 0 Å². The number of ether oxygens (including phenoxy) is 4. The molecule has 1 aliphatic heterocycles. The maximum Gasteiger partial charge on any atom is 0.113 e. The average molecular weight is 275 g/mol. The first kappa shape index (κ1) is 16.6. The van der Waals surface area contributed by atoms with Gasteiger partial charge in [-0.05, 0) is 19.3 Å². The first-order valence-corrected chi connectivity index (χ1v) is 6.99. The molecule has 19 heavy (non-hydrogen) atoms. The van der Waals surface area contributed by atoms with Crippen LogP contribution in [-0.4, -0.2) is 59.0 Å². The van der Waals surface area contributed by atoms with E-state index < -0.39 is 6.67 Å². The monoisotopic (exact) mass is 275 g/mol. The maximum atomic E-state index is 11.7. The Bertz CT molecular complexity index is 223. The summed E-state index contributed by atoms with van der Waals surface area (Å²) in [4.78, 5) is 0. The van der Waals surface area contributed by atoms with Crippen molar-refractivity contribution >= 4 is 0 Å². The Labute approximate surface area is 114 Å². The second-order valence-electron chi connectivity index (χ2n) is 4.32. The fourth-order valence-electron chi connectivity index (χ4n) is 1.74. The number of hydrogen-bond donors (Lipinski definition) is 0. The molecule has 0 amide bonds. The molecule has 0 aromatic heterocycles. The Hall–Kier alpha value is -0.490. The highest BCUT2D eigenvalue weighted by Crippen LogP contribution is 2.08. The van der Waals surface area contributed by atoms with Gasteiger partial charge >= 0.3 is 0 Å². The summed E-state index contributed by atoms with van der Waals surface area (Å²) < 4.78 is 33.1. The van der Waals surface area contributed by atoms with Gasteiger partial charge in [-0.25, -0.2) is 4.39 Å². The van der Waals surface area contributed by atoms with Gasteiger partial charge in [0, 0.05) is 0 Å². The van der Waals surface area contributed by atoms with E-state index in [4.69, 9.17) is 18.9 Å². The van der Waals surface area contributed by atoms with E-state index in [9.17, 15) is 4.39 Å². The third kappa shape index (κ3) is 10.0. The Morgan fingerprint density at radius 1 is 0.947 bits per heavy atom. The Morgan fingerprint density at radius 3 is 2.42 bits per heavy atom. The van der Waals surface area contributed by atoms with Gasteiger partial charge in [0.1, 0.15) is 6.67 Å². The van der Waals surface area contributed by atoms with Crippen LogP contribution in [0.1, 0.15) is 19.3 Å². The molecule has 0 saturated carbocycles. The first-order valence-electron chi connectivity index (χ1n) is 6.99. The number of allylic oxidation sites excluding steroid dienone is 1. The molecule has 0 saturated heterocycles. The lowest BCUT2D eigenvalue weighted by atomic mass is 10.1. The van der Waals surface area contributed by atoms with Crippen molar-refractivity contribution in [3.05, 3.63) is 12.2 Å². The second kappa shape index (κ2) is 12.5. The zero-order chi connectivity index (χ0) is 13.6. The first-order chi connectivity index (χ1) is 9.43. The summed E-state index contributed by atoms with van der Waals surface area (Å²) in [7, 11) is 0. The highest BCUT2D eigenvalue weighted by atomic mass is 18.2. The van der Waals surface area contributed by atoms with Crippen LogP contribution in [0.5, 0.6) is 0 Å². The second-order valence-corrected chi connectivity index (χ2v) is 4.32. The van der Waals surface area contributed by atoms with Crippen LogP contribution in [0, 0.1) is 0 Å². The summed E-state index contributed by atoms with van der Waals surface area (Å²) in [6, 6.07) is 0. The minimum atomic E-state index is -0.445. The quantitative estimate of drug-likeness (QED) is 0.452. The topological polar surface area (TPSA) is 36.9 Å². The zero-order valence-electron chi connectivity index (χ0n) is 11.5. The summed E-state index contributed by atoms with van der Waals surface area (Å²) in [5.74, 6) is 0. The molecule has 1 atom stereocenters. The Kier molecular flexibility index (Phi) is 10.9. The summed E-state index contributed by atoms with van der Waals surface area (Å²) >= 11 is 0. The van der Waals surface area contributed by atoms with Gasteiger partial charge in [-0.15, -0.1) is 0 Å². The normalized spacial score (nSPS) is 21.8. The summed E-state index contributed by atoms with van der Waals surface area (Å²) in [6.07, 6.45) is 7.60. The molecule has 112 valence electrons. The van der Waals surface area contributed by atoms with E-state index in [1.807, 2.05) is 0 Å². The predicted octanol–water partition coefficient (Wildman–Crippen LogP) is 2.13. The third-order valence-electron chi connectivity index (χ3n) is 2.73. The summed E-state index contributed by atoms with van der Waals surface area (Å²) in [5, 5.41) is 0. The van der Waals surface area contributed by atoms with Crippen molar-refractivity contribution in [3.8, 4) is 0 Å². The lowest BCUT2D eigenvalue weighted by Gasteiger charge is -2.18. The van der Waals surface area contributed by atoms with Crippen molar-refractivity contribution in [2.75, 3.05) is 52.9 Å². The standard InChI is InChI=1S/C14H25FO4/c15-6-8-16-9-10-17-11-12-18-13-14-5-3-1-2-4-7-19-14/h1-2,14H,3-13H2/b2-1+/t14-/m0/s1/i15-1. The molecule has 0 unspecified atom stereocenters. The molecule has 0 bridgehead atoms. The van der Waals surface area contributed by atoms with Crippen LogP contribution in [0.4, 0.5) is 4.39 Å². The number of rotatable bonds is 10. The van der Waals surface area contributed by atoms with Crippen LogP contribution < -0.4 is 0 Å². The molecule has 0 fully saturated rings. The van der Waals surface area contributed by atoms with E-state index in [-0.39, 0.29) is 12.7 Å². The van der Waals surface area contributed by atoms with E-state index in [0.29, 0.717) is 33.0 Å². The van der Waals surface area contributed by atoms with Crippen LogP contribution >= 0.6 is 0 Å². The van der Waals surface area contributed by atoms with E-state index in [1.165, 1.54) is 0 Å². The molecular weight excluding hydrogens is 250 g/mol. The van der Waals surface area contributed by atoms with Crippen LogP contribution in [0.3, 0.4) is 0 Å². The zero-order valence-corrected chi connectivity index (χ0v) is 11.5. The van der Waals surface area contributed by atoms with Crippen LogP contribution in [0.15, 0.2) is 12.2 Å². The molecule has 5 heteroatoms. The fraction of sp³-hybridized carbons (Fsp3) is 0.857. The molecular formula is C14H25FO4. The van der Waals surface area contributed by atoms with Gasteiger partial charge < -0.3 is 18.9 Å². The molecule has 0 aliphatic carbocycles. The molecule has 0 spiro atoms. The van der Waals surface area contributed by atoms with Crippen molar-refractivity contribution in [2.45, 2.75) is 25.4 Å². The largest absolute Gasteiger partial charge is 0.377 e.